The van der Waals surface area contributed by atoms with Gasteiger partial charge in [0.2, 0.25) is 0 Å². The number of nitrogens with one attached hydrogen (secondary N) is 2. The lowest BCUT2D eigenvalue weighted by atomic mass is 10.0. The Balaban J connectivity index is 1.21. The molecule has 0 bridgehead atoms. The molecule has 2 aromatic rings. The van der Waals surface area contributed by atoms with Gasteiger partial charge in [-0.2, -0.15) is 0 Å². The predicted molar refractivity (Wildman–Crippen MR) is 114 cm³/mol. The van der Waals surface area contributed by atoms with E-state index in [1.165, 1.54) is 12.8 Å². The fourth-order valence-corrected chi connectivity index (χ4v) is 4.22. The van der Waals surface area contributed by atoms with Crippen LogP contribution in [0.2, 0.25) is 0 Å². The van der Waals surface area contributed by atoms with Crippen molar-refractivity contribution in [1.82, 2.24) is 15.6 Å². The molecule has 3 aliphatic rings. The Morgan fingerprint density at radius 1 is 1.10 bits per heavy atom. The first-order chi connectivity index (χ1) is 14.8. The van der Waals surface area contributed by atoms with E-state index in [9.17, 15) is 4.79 Å². The molecule has 1 atom stereocenters. The molecule has 2 fully saturated rings. The quantitative estimate of drug-likeness (QED) is 0.766. The molecular weight excluding hydrogens is 380 g/mol. The highest BCUT2D eigenvalue weighted by Gasteiger charge is 2.34. The second-order valence-electron chi connectivity index (χ2n) is 8.26. The molecule has 1 aliphatic carbocycles. The number of urea groups is 1. The van der Waals surface area contributed by atoms with E-state index in [0.717, 1.165) is 54.4 Å². The Hall–Kier alpha value is -2.96. The van der Waals surface area contributed by atoms with Crippen LogP contribution in [0, 0.1) is 5.92 Å². The summed E-state index contributed by atoms with van der Waals surface area (Å²) in [5.74, 6) is 3.01. The fourth-order valence-electron chi connectivity index (χ4n) is 4.22. The van der Waals surface area contributed by atoms with Gasteiger partial charge in [0, 0.05) is 25.8 Å². The lowest BCUT2D eigenvalue weighted by Gasteiger charge is -2.23. The van der Waals surface area contributed by atoms with Gasteiger partial charge in [0.25, 0.3) is 0 Å². The normalized spacial score (nSPS) is 18.7. The Bertz CT molecular complexity index is 909. The fraction of sp³-hybridized carbons (Fsp3) is 0.478. The van der Waals surface area contributed by atoms with Crippen LogP contribution in [-0.4, -0.2) is 37.3 Å². The average Bonchev–Trinajstić information content (AvgIpc) is 3.48. The lowest BCUT2D eigenvalue weighted by molar-refractivity contribution is 0.171. The molecule has 1 aromatic heterocycles. The standard InChI is InChI=1S/C23H28N4O3/c28-23(25-15-16-7-8-24-21(13-16)27-9-1-2-10-27)26-22(17-3-4-17)18-5-6-19-20(14-18)30-12-11-29-19/h5-8,13-14,17,22H,1-4,9-12,15H2,(H2,25,26,28). The highest BCUT2D eigenvalue weighted by atomic mass is 16.6. The second-order valence-corrected chi connectivity index (χ2v) is 8.26. The molecule has 7 heteroatoms. The SMILES string of the molecule is O=C(NCc1ccnc(N2CCCC2)c1)NC(c1ccc2c(c1)OCCO2)C1CC1. The maximum absolute atomic E-state index is 12.7. The van der Waals surface area contributed by atoms with Gasteiger partial charge in [0.15, 0.2) is 11.5 Å². The zero-order chi connectivity index (χ0) is 20.3. The monoisotopic (exact) mass is 408 g/mol. The third-order valence-corrected chi connectivity index (χ3v) is 6.00. The van der Waals surface area contributed by atoms with Gasteiger partial charge in [0.1, 0.15) is 19.0 Å². The van der Waals surface area contributed by atoms with Gasteiger partial charge < -0.3 is 25.0 Å². The minimum Gasteiger partial charge on any atom is -0.486 e. The molecule has 7 nitrogen and oxygen atoms in total. The van der Waals surface area contributed by atoms with Gasteiger partial charge in [-0.25, -0.2) is 9.78 Å². The zero-order valence-corrected chi connectivity index (χ0v) is 17.1. The molecule has 30 heavy (non-hydrogen) atoms. The van der Waals surface area contributed by atoms with Crippen LogP contribution in [0.25, 0.3) is 0 Å². The number of carbonyl (C=O) groups is 1. The van der Waals surface area contributed by atoms with Crippen LogP contribution in [0.4, 0.5) is 10.6 Å². The molecule has 2 N–H and O–H groups in total. The zero-order valence-electron chi connectivity index (χ0n) is 17.1. The Morgan fingerprint density at radius 2 is 1.90 bits per heavy atom. The molecule has 5 rings (SSSR count). The summed E-state index contributed by atoms with van der Waals surface area (Å²) in [6.07, 6.45) is 6.51. The van der Waals surface area contributed by atoms with Crippen LogP contribution >= 0.6 is 0 Å². The van der Waals surface area contributed by atoms with Crippen LogP contribution in [0.3, 0.4) is 0 Å². The summed E-state index contributed by atoms with van der Waals surface area (Å²) in [6.45, 7) is 3.73. The number of hydrogen-bond donors (Lipinski definition) is 2. The van der Waals surface area contributed by atoms with Crippen LogP contribution in [0.15, 0.2) is 36.5 Å². The van der Waals surface area contributed by atoms with E-state index in [0.29, 0.717) is 25.7 Å². The Kier molecular flexibility index (Phi) is 5.34. The molecule has 1 aromatic carbocycles. The number of rotatable bonds is 6. The molecule has 158 valence electrons. The van der Waals surface area contributed by atoms with Crippen LogP contribution < -0.4 is 25.0 Å². The molecule has 0 radical (unpaired) electrons. The third kappa shape index (κ3) is 4.30. The van der Waals surface area contributed by atoms with E-state index in [2.05, 4.69) is 26.6 Å². The highest BCUT2D eigenvalue weighted by Crippen LogP contribution is 2.43. The number of nitrogens with zero attached hydrogens (tertiary/aromatic N) is 2. The second kappa shape index (κ2) is 8.42. The maximum Gasteiger partial charge on any atom is 0.315 e. The minimum atomic E-state index is -0.152. The average molecular weight is 409 g/mol. The van der Waals surface area contributed by atoms with Gasteiger partial charge in [-0.15, -0.1) is 0 Å². The van der Waals surface area contributed by atoms with Crippen molar-refractivity contribution < 1.29 is 14.3 Å². The minimum absolute atomic E-state index is 0.0153. The number of fused-ring (bicyclic) bond motifs is 1. The molecule has 1 saturated carbocycles. The van der Waals surface area contributed by atoms with Crippen molar-refractivity contribution >= 4 is 11.8 Å². The summed E-state index contributed by atoms with van der Waals surface area (Å²) in [6, 6.07) is 9.84. The lowest BCUT2D eigenvalue weighted by Crippen LogP contribution is -2.38. The number of aromatic nitrogens is 1. The Morgan fingerprint density at radius 3 is 2.70 bits per heavy atom. The summed E-state index contributed by atoms with van der Waals surface area (Å²) in [5.41, 5.74) is 2.13. The molecule has 1 unspecified atom stereocenters. The number of hydrogen-bond acceptors (Lipinski definition) is 5. The van der Waals surface area contributed by atoms with E-state index in [1.54, 1.807) is 0 Å². The third-order valence-electron chi connectivity index (χ3n) is 6.00. The van der Waals surface area contributed by atoms with Gasteiger partial charge in [-0.3, -0.25) is 0 Å². The first kappa shape index (κ1) is 19.0. The molecular formula is C23H28N4O3. The van der Waals surface area contributed by atoms with Crippen LogP contribution in [-0.2, 0) is 6.54 Å². The summed E-state index contributed by atoms with van der Waals surface area (Å²) in [4.78, 5) is 19.4. The van der Waals surface area contributed by atoms with E-state index in [4.69, 9.17) is 9.47 Å². The molecule has 2 aliphatic heterocycles. The number of ether oxygens (including phenoxy) is 2. The van der Waals surface area contributed by atoms with E-state index in [1.807, 2.05) is 30.5 Å². The predicted octanol–water partition coefficient (Wildman–Crippen LogP) is 3.40. The summed E-state index contributed by atoms with van der Waals surface area (Å²) in [5, 5.41) is 6.18. The van der Waals surface area contributed by atoms with Gasteiger partial charge in [-0.1, -0.05) is 6.07 Å². The van der Waals surface area contributed by atoms with Crippen molar-refractivity contribution in [3.63, 3.8) is 0 Å². The maximum atomic E-state index is 12.7. The van der Waals surface area contributed by atoms with Crippen molar-refractivity contribution in [1.29, 1.82) is 0 Å². The number of anilines is 1. The van der Waals surface area contributed by atoms with Gasteiger partial charge in [-0.05, 0) is 67.0 Å². The summed E-state index contributed by atoms with van der Waals surface area (Å²) >= 11 is 0. The van der Waals surface area contributed by atoms with E-state index >= 15 is 0 Å². The molecule has 0 spiro atoms. The number of pyridine rings is 1. The van der Waals surface area contributed by atoms with Crippen LogP contribution in [0.5, 0.6) is 11.5 Å². The first-order valence-corrected chi connectivity index (χ1v) is 10.9. The van der Waals surface area contributed by atoms with Crippen molar-refractivity contribution in [2.45, 2.75) is 38.3 Å². The van der Waals surface area contributed by atoms with Crippen molar-refractivity contribution in [3.8, 4) is 11.5 Å². The molecule has 3 heterocycles. The molecule has 1 saturated heterocycles. The Labute approximate surface area is 176 Å². The van der Waals surface area contributed by atoms with Gasteiger partial charge >= 0.3 is 6.03 Å². The number of benzene rings is 1. The summed E-state index contributed by atoms with van der Waals surface area (Å²) < 4.78 is 11.3. The molecule has 2 amide bonds. The number of carbonyl (C=O) groups excluding carboxylic acids is 1. The highest BCUT2D eigenvalue weighted by molar-refractivity contribution is 5.74. The van der Waals surface area contributed by atoms with E-state index < -0.39 is 0 Å². The van der Waals surface area contributed by atoms with Crippen molar-refractivity contribution in [2.24, 2.45) is 5.92 Å². The van der Waals surface area contributed by atoms with Crippen LogP contribution in [0.1, 0.15) is 42.9 Å². The van der Waals surface area contributed by atoms with Crippen molar-refractivity contribution in [3.05, 3.63) is 47.7 Å². The first-order valence-electron chi connectivity index (χ1n) is 10.9. The number of amides is 2. The topological polar surface area (TPSA) is 75.7 Å². The van der Waals surface area contributed by atoms with Gasteiger partial charge in [0.05, 0.1) is 6.04 Å². The largest absolute Gasteiger partial charge is 0.486 e. The summed E-state index contributed by atoms with van der Waals surface area (Å²) in [7, 11) is 0. The van der Waals surface area contributed by atoms with Crippen molar-refractivity contribution in [2.75, 3.05) is 31.2 Å². The smallest absolute Gasteiger partial charge is 0.315 e. The van der Waals surface area contributed by atoms with E-state index in [-0.39, 0.29) is 12.1 Å².